The van der Waals surface area contributed by atoms with Crippen LogP contribution in [0.5, 0.6) is 0 Å². The van der Waals surface area contributed by atoms with Crippen molar-refractivity contribution in [3.63, 3.8) is 0 Å². The third kappa shape index (κ3) is 3.26. The molecule has 0 saturated carbocycles. The maximum atomic E-state index is 10.7. The van der Waals surface area contributed by atoms with E-state index in [1.54, 1.807) is 12.1 Å². The summed E-state index contributed by atoms with van der Waals surface area (Å²) in [7, 11) is 0. The third-order valence-corrected chi connectivity index (χ3v) is 1.88. The van der Waals surface area contributed by atoms with E-state index < -0.39 is 11.3 Å². The highest BCUT2D eigenvalue weighted by Crippen LogP contribution is 1.92. The van der Waals surface area contributed by atoms with Gasteiger partial charge in [-0.1, -0.05) is 0 Å². The molecule has 0 amide bonds. The molecule has 4 nitrogen and oxygen atoms in total. The predicted octanol–water partition coefficient (Wildman–Crippen LogP) is 0.996. The molecule has 2 heterocycles. The second-order valence-corrected chi connectivity index (χ2v) is 3.19. The van der Waals surface area contributed by atoms with Crippen LogP contribution in [0.3, 0.4) is 0 Å². The summed E-state index contributed by atoms with van der Waals surface area (Å²) in [5, 5.41) is 0. The Labute approximate surface area is 102 Å². The van der Waals surface area contributed by atoms with Gasteiger partial charge in [0, 0.05) is 12.1 Å². The van der Waals surface area contributed by atoms with Crippen molar-refractivity contribution in [1.29, 1.82) is 0 Å². The number of rotatable bonds is 0. The first-order valence-electron chi connectivity index (χ1n) is 4.94. The van der Waals surface area contributed by atoms with Crippen molar-refractivity contribution in [2.75, 3.05) is 0 Å². The molecule has 0 unspecified atom stereocenters. The van der Waals surface area contributed by atoms with Gasteiger partial charge in [-0.3, -0.25) is 0 Å². The van der Waals surface area contributed by atoms with Crippen LogP contribution in [0.25, 0.3) is 0 Å². The lowest BCUT2D eigenvalue weighted by Gasteiger charge is -1.84. The van der Waals surface area contributed by atoms with Crippen LogP contribution in [0.1, 0.15) is 11.1 Å². The molecule has 0 saturated heterocycles. The molecule has 0 fully saturated rings. The van der Waals surface area contributed by atoms with E-state index in [4.69, 9.17) is 0 Å². The Morgan fingerprint density at radius 1 is 0.722 bits per heavy atom. The van der Waals surface area contributed by atoms with Crippen LogP contribution in [-0.4, -0.2) is 0 Å². The van der Waals surface area contributed by atoms with E-state index >= 15 is 0 Å². The van der Waals surface area contributed by atoms with Gasteiger partial charge in [0.05, 0.1) is 11.1 Å². The first kappa shape index (κ1) is 11.5. The lowest BCUT2D eigenvalue weighted by atomic mass is 10.3. The van der Waals surface area contributed by atoms with Crippen molar-refractivity contribution in [1.82, 2.24) is 0 Å². The van der Waals surface area contributed by atoms with Crippen LogP contribution in [0.4, 0.5) is 0 Å². The first-order valence-corrected chi connectivity index (χ1v) is 4.94. The van der Waals surface area contributed by atoms with Crippen LogP contribution >= 0.6 is 0 Å². The molecule has 2 aromatic heterocycles. The van der Waals surface area contributed by atoms with E-state index in [-0.39, 0.29) is 0 Å². The SMILES string of the molecule is O=c1ccc(C#CC#Cc2ccc(=O)oc2)co1. The average molecular weight is 238 g/mol. The Kier molecular flexibility index (Phi) is 3.44. The lowest BCUT2D eigenvalue weighted by molar-refractivity contribution is 0.509. The molecule has 4 heteroatoms. The van der Waals surface area contributed by atoms with E-state index in [9.17, 15) is 9.59 Å². The molecule has 0 radical (unpaired) electrons. The Morgan fingerprint density at radius 2 is 1.17 bits per heavy atom. The van der Waals surface area contributed by atoms with E-state index in [0.717, 1.165) is 0 Å². The topological polar surface area (TPSA) is 60.4 Å². The average Bonchev–Trinajstić information content (AvgIpc) is 2.39. The minimum Gasteiger partial charge on any atom is -0.430 e. The first-order chi connectivity index (χ1) is 8.74. The fourth-order valence-corrected chi connectivity index (χ4v) is 1.06. The fraction of sp³-hybridized carbons (Fsp3) is 0. The summed E-state index contributed by atoms with van der Waals surface area (Å²) in [6, 6.07) is 5.65. The normalized spacial score (nSPS) is 8.67. The van der Waals surface area contributed by atoms with Crippen molar-refractivity contribution in [3.8, 4) is 23.7 Å². The highest BCUT2D eigenvalue weighted by Gasteiger charge is 1.88. The molecule has 0 atom stereocenters. The third-order valence-electron chi connectivity index (χ3n) is 1.88. The highest BCUT2D eigenvalue weighted by atomic mass is 16.4. The van der Waals surface area contributed by atoms with Gasteiger partial charge in [-0.15, -0.1) is 0 Å². The summed E-state index contributed by atoms with van der Waals surface area (Å²) in [6.07, 6.45) is 2.52. The summed E-state index contributed by atoms with van der Waals surface area (Å²) in [6.45, 7) is 0. The zero-order valence-corrected chi connectivity index (χ0v) is 9.10. The number of hydrogen-bond donors (Lipinski definition) is 0. The fourth-order valence-electron chi connectivity index (χ4n) is 1.06. The monoisotopic (exact) mass is 238 g/mol. The van der Waals surface area contributed by atoms with Crippen LogP contribution in [0.2, 0.25) is 0 Å². The lowest BCUT2D eigenvalue weighted by Crippen LogP contribution is -1.93. The van der Waals surface area contributed by atoms with Crippen molar-refractivity contribution >= 4 is 0 Å². The quantitative estimate of drug-likeness (QED) is 0.642. The standard InChI is InChI=1S/C14H6O4/c15-13-7-5-11(9-17-13)3-1-2-4-12-6-8-14(16)18-10-12/h5-10H. The van der Waals surface area contributed by atoms with Crippen molar-refractivity contribution < 1.29 is 8.83 Å². The second kappa shape index (κ2) is 5.38. The molecular weight excluding hydrogens is 232 g/mol. The van der Waals surface area contributed by atoms with E-state index in [2.05, 4.69) is 32.5 Å². The van der Waals surface area contributed by atoms with Crippen molar-refractivity contribution in [3.05, 3.63) is 68.8 Å². The van der Waals surface area contributed by atoms with Gasteiger partial charge in [0.1, 0.15) is 12.5 Å². The zero-order valence-electron chi connectivity index (χ0n) is 9.10. The minimum absolute atomic E-state index is 0.425. The molecule has 2 rings (SSSR count). The molecule has 2 aromatic rings. The Balaban J connectivity index is 2.13. The summed E-state index contributed by atoms with van der Waals surface area (Å²) in [5.41, 5.74) is 0.267. The van der Waals surface area contributed by atoms with E-state index in [1.807, 2.05) is 0 Å². The van der Waals surface area contributed by atoms with Crippen molar-refractivity contribution in [2.45, 2.75) is 0 Å². The molecule has 0 aliphatic carbocycles. The maximum Gasteiger partial charge on any atom is 0.335 e. The molecule has 0 N–H and O–H groups in total. The molecular formula is C14H6O4. The van der Waals surface area contributed by atoms with Gasteiger partial charge in [-0.25, -0.2) is 9.59 Å². The van der Waals surface area contributed by atoms with E-state index in [1.165, 1.54) is 24.7 Å². The van der Waals surface area contributed by atoms with Gasteiger partial charge in [0.15, 0.2) is 0 Å². The molecule has 0 aliphatic heterocycles. The van der Waals surface area contributed by atoms with Gasteiger partial charge in [-0.2, -0.15) is 0 Å². The summed E-state index contributed by atoms with van der Waals surface area (Å²) in [5.74, 6) is 10.6. The predicted molar refractivity (Wildman–Crippen MR) is 63.7 cm³/mol. The van der Waals surface area contributed by atoms with Crippen molar-refractivity contribution in [2.24, 2.45) is 0 Å². The van der Waals surface area contributed by atoms with Crippen LogP contribution in [0.15, 0.2) is 55.2 Å². The molecule has 86 valence electrons. The molecule has 18 heavy (non-hydrogen) atoms. The summed E-state index contributed by atoms with van der Waals surface area (Å²) in [4.78, 5) is 21.4. The summed E-state index contributed by atoms with van der Waals surface area (Å²) < 4.78 is 9.26. The van der Waals surface area contributed by atoms with Gasteiger partial charge >= 0.3 is 11.3 Å². The Bertz CT molecular complexity index is 678. The van der Waals surface area contributed by atoms with Gasteiger partial charge in [0.25, 0.3) is 0 Å². The van der Waals surface area contributed by atoms with Crippen LogP contribution < -0.4 is 11.3 Å². The maximum absolute atomic E-state index is 10.7. The smallest absolute Gasteiger partial charge is 0.335 e. The van der Waals surface area contributed by atoms with Crippen LogP contribution in [-0.2, 0) is 0 Å². The molecule has 0 bridgehead atoms. The molecule has 0 spiro atoms. The number of hydrogen-bond acceptors (Lipinski definition) is 4. The second-order valence-electron chi connectivity index (χ2n) is 3.19. The van der Waals surface area contributed by atoms with Gasteiger partial charge in [0.2, 0.25) is 0 Å². The van der Waals surface area contributed by atoms with Gasteiger partial charge < -0.3 is 8.83 Å². The van der Waals surface area contributed by atoms with E-state index in [0.29, 0.717) is 11.1 Å². The van der Waals surface area contributed by atoms with Crippen LogP contribution in [0, 0.1) is 23.7 Å². The largest absolute Gasteiger partial charge is 0.430 e. The Hall–Kier alpha value is -2.98. The minimum atomic E-state index is -0.425. The van der Waals surface area contributed by atoms with Gasteiger partial charge in [-0.05, 0) is 35.8 Å². The highest BCUT2D eigenvalue weighted by molar-refractivity contribution is 5.42. The molecule has 0 aromatic carbocycles. The summed E-state index contributed by atoms with van der Waals surface area (Å²) >= 11 is 0. The molecule has 0 aliphatic rings. The zero-order chi connectivity index (χ0) is 12.8. The Morgan fingerprint density at radius 3 is 1.50 bits per heavy atom.